The summed E-state index contributed by atoms with van der Waals surface area (Å²) in [6.45, 7) is 4.98. The molecule has 8 rings (SSSR count). The molecule has 1 fully saturated rings. The van der Waals surface area contributed by atoms with Gasteiger partial charge in [-0.25, -0.2) is 9.97 Å². The molecule has 2 aromatic carbocycles. The minimum absolute atomic E-state index is 0.275. The standard InChI is InChI=1S/C56H68N4O12/c1-4-6-8-10-18-37-39-20-24-43(57-39)48(33-14-12-16-35(28-33)70-55-52(65)51(64)50(63)47(31-62)72-55)44-25-21-40(58-44)38(19-11-9-7-5-2)42-23-27-46(60-42)49(45-26-22-41(37)59-45)34-15-13-17-36(29-34)71-56(53(66)54(67)68)69-32(3)30-61/h12-17,20-29,32,47,50-57,60-68H,4-11,18-19,30-31H2,1-3H3/t32-,47?,50?,51?,52?,53?,55?,56?/m0/s1. The first-order chi connectivity index (χ1) is 34.9. The average Bonchev–Trinajstić information content (AvgIpc) is 4.24. The second-order valence-corrected chi connectivity index (χ2v) is 18.7. The van der Waals surface area contributed by atoms with E-state index < -0.39 is 62.1 Å². The van der Waals surface area contributed by atoms with Gasteiger partial charge in [-0.05, 0) is 117 Å². The topological polar surface area (TPSA) is 256 Å². The molecule has 16 heteroatoms. The smallest absolute Gasteiger partial charge is 0.231 e. The van der Waals surface area contributed by atoms with Gasteiger partial charge in [0.05, 0.1) is 42.1 Å². The Hall–Kier alpha value is -5.76. The zero-order valence-electron chi connectivity index (χ0n) is 41.0. The van der Waals surface area contributed by atoms with Gasteiger partial charge in [-0.15, -0.1) is 0 Å². The van der Waals surface area contributed by atoms with Gasteiger partial charge in [-0.1, -0.05) is 76.6 Å². The molecule has 3 aromatic heterocycles. The van der Waals surface area contributed by atoms with Crippen molar-refractivity contribution in [1.29, 1.82) is 0 Å². The Balaban J connectivity index is 1.34. The summed E-state index contributed by atoms with van der Waals surface area (Å²) < 4.78 is 23.6. The highest BCUT2D eigenvalue weighted by Gasteiger charge is 2.44. The Labute approximate surface area is 418 Å². The first kappa shape index (κ1) is 52.6. The molecule has 0 amide bonds. The lowest BCUT2D eigenvalue weighted by Gasteiger charge is -2.39. The minimum atomic E-state index is -2.16. The molecule has 72 heavy (non-hydrogen) atoms. The van der Waals surface area contributed by atoms with Crippen LogP contribution >= 0.6 is 0 Å². The van der Waals surface area contributed by atoms with E-state index in [1.54, 1.807) is 31.2 Å². The van der Waals surface area contributed by atoms with E-state index in [-0.39, 0.29) is 12.4 Å². The largest absolute Gasteiger partial charge is 0.462 e. The highest BCUT2D eigenvalue weighted by atomic mass is 16.7. The number of hydrogen-bond acceptors (Lipinski definition) is 14. The quantitative estimate of drug-likeness (QED) is 0.0238. The molecule has 0 saturated carbocycles. The molecule has 1 saturated heterocycles. The van der Waals surface area contributed by atoms with Crippen molar-refractivity contribution in [3.63, 3.8) is 0 Å². The van der Waals surface area contributed by atoms with Crippen LogP contribution in [0.3, 0.4) is 0 Å². The molecule has 384 valence electrons. The summed E-state index contributed by atoms with van der Waals surface area (Å²) in [7, 11) is 0. The summed E-state index contributed by atoms with van der Waals surface area (Å²) in [6, 6.07) is 22.7. The van der Waals surface area contributed by atoms with Crippen LogP contribution in [0.15, 0.2) is 72.8 Å². The first-order valence-corrected chi connectivity index (χ1v) is 25.2. The highest BCUT2D eigenvalue weighted by Crippen LogP contribution is 2.37. The van der Waals surface area contributed by atoms with Gasteiger partial charge in [0.25, 0.3) is 0 Å². The van der Waals surface area contributed by atoms with Crippen molar-refractivity contribution in [3.8, 4) is 33.8 Å². The van der Waals surface area contributed by atoms with Gasteiger partial charge in [0.15, 0.2) is 12.4 Å². The minimum Gasteiger partial charge on any atom is -0.462 e. The van der Waals surface area contributed by atoms with Crippen LogP contribution in [-0.2, 0) is 22.3 Å². The molecular formula is C56H68N4O12. The van der Waals surface area contributed by atoms with E-state index in [1.807, 2.05) is 60.7 Å². The lowest BCUT2D eigenvalue weighted by Crippen LogP contribution is -2.60. The molecule has 7 unspecified atom stereocenters. The van der Waals surface area contributed by atoms with E-state index in [2.05, 4.69) is 35.9 Å². The molecule has 10 N–H and O–H groups in total. The van der Waals surface area contributed by atoms with Crippen molar-refractivity contribution in [1.82, 2.24) is 19.9 Å². The molecule has 5 aromatic rings. The van der Waals surface area contributed by atoms with Gasteiger partial charge in [-0.2, -0.15) is 0 Å². The molecule has 6 heterocycles. The third-order valence-electron chi connectivity index (χ3n) is 13.3. The van der Waals surface area contributed by atoms with Gasteiger partial charge < -0.3 is 69.8 Å². The maximum atomic E-state index is 10.8. The van der Waals surface area contributed by atoms with E-state index in [1.165, 1.54) is 0 Å². The van der Waals surface area contributed by atoms with Crippen molar-refractivity contribution in [3.05, 3.63) is 107 Å². The number of aliphatic hydroxyl groups excluding tert-OH is 7. The summed E-state index contributed by atoms with van der Waals surface area (Å²) in [4.78, 5) is 18.3. The first-order valence-electron chi connectivity index (χ1n) is 25.2. The maximum absolute atomic E-state index is 10.8. The number of ether oxygens (including phenoxy) is 4. The Kier molecular flexibility index (Phi) is 17.7. The molecule has 16 nitrogen and oxygen atoms in total. The number of H-pyrrole nitrogens is 2. The van der Waals surface area contributed by atoms with Gasteiger partial charge in [0, 0.05) is 44.3 Å². The number of aromatic nitrogens is 4. The van der Waals surface area contributed by atoms with Crippen molar-refractivity contribution < 1.29 is 59.8 Å². The SMILES string of the molecule is CCCCCCc1c2nc(c(-c3cccc(OC4OC(CO)C(O)C(O)C4O)c3)c3ccc([nH]3)c(CCCCCC)c3nc(c(-c4cccc(OC(O[C@@H](C)CO)C(O)C(O)O)c4)c4ccc1[nH]4)C=C3)C=C2. The number of nitrogens with one attached hydrogen (secondary N) is 2. The highest BCUT2D eigenvalue weighted by molar-refractivity contribution is 5.94. The third-order valence-corrected chi connectivity index (χ3v) is 13.3. The Morgan fingerprint density at radius 2 is 1.12 bits per heavy atom. The predicted octanol–water partition coefficient (Wildman–Crippen LogP) is 7.19. The molecule has 3 aliphatic heterocycles. The fourth-order valence-electron chi connectivity index (χ4n) is 9.39. The summed E-state index contributed by atoms with van der Waals surface area (Å²) >= 11 is 0. The third kappa shape index (κ3) is 12.0. The predicted molar refractivity (Wildman–Crippen MR) is 276 cm³/mol. The summed E-state index contributed by atoms with van der Waals surface area (Å²) in [6.07, 6.45) is 4.36. The Morgan fingerprint density at radius 1 is 0.611 bits per heavy atom. The lowest BCUT2D eigenvalue weighted by molar-refractivity contribution is -0.277. The summed E-state index contributed by atoms with van der Waals surface area (Å²) in [5, 5.41) is 81.8. The fourth-order valence-corrected chi connectivity index (χ4v) is 9.39. The van der Waals surface area contributed by atoms with Crippen LogP contribution in [-0.4, -0.2) is 129 Å². The summed E-state index contributed by atoms with van der Waals surface area (Å²) in [5.41, 5.74) is 11.4. The molecule has 8 atom stereocenters. The molecular weight excluding hydrogens is 921 g/mol. The monoisotopic (exact) mass is 988 g/mol. The van der Waals surface area contributed by atoms with E-state index in [4.69, 9.17) is 28.9 Å². The number of aromatic amines is 2. The van der Waals surface area contributed by atoms with Crippen LogP contribution in [0.4, 0.5) is 0 Å². The normalized spacial score (nSPS) is 20.0. The number of aliphatic hydroxyl groups is 8. The van der Waals surface area contributed by atoms with Crippen molar-refractivity contribution in [2.24, 2.45) is 0 Å². The fraction of sp³-hybridized carbons (Fsp3) is 0.429. The number of unbranched alkanes of at least 4 members (excludes halogenated alkanes) is 6. The van der Waals surface area contributed by atoms with Crippen LogP contribution in [0.25, 0.3) is 68.6 Å². The van der Waals surface area contributed by atoms with Gasteiger partial charge in [-0.3, -0.25) is 0 Å². The van der Waals surface area contributed by atoms with E-state index in [0.717, 1.165) is 131 Å². The van der Waals surface area contributed by atoms with E-state index in [0.29, 0.717) is 17.1 Å². The van der Waals surface area contributed by atoms with E-state index in [9.17, 15) is 40.9 Å². The van der Waals surface area contributed by atoms with Crippen LogP contribution in [0.1, 0.15) is 106 Å². The zero-order valence-corrected chi connectivity index (χ0v) is 41.0. The Morgan fingerprint density at radius 3 is 1.64 bits per heavy atom. The van der Waals surface area contributed by atoms with Gasteiger partial charge in [0.1, 0.15) is 35.9 Å². The molecule has 8 bridgehead atoms. The van der Waals surface area contributed by atoms with Crippen LogP contribution in [0, 0.1) is 0 Å². The van der Waals surface area contributed by atoms with Crippen molar-refractivity contribution in [2.45, 2.75) is 140 Å². The number of fused-ring (bicyclic) bond motifs is 8. The van der Waals surface area contributed by atoms with Crippen molar-refractivity contribution in [2.75, 3.05) is 13.2 Å². The zero-order chi connectivity index (χ0) is 50.9. The Bertz CT molecular complexity index is 2850. The van der Waals surface area contributed by atoms with Crippen LogP contribution < -0.4 is 9.47 Å². The second kappa shape index (κ2) is 24.3. The van der Waals surface area contributed by atoms with E-state index >= 15 is 0 Å². The van der Waals surface area contributed by atoms with Crippen LogP contribution in [0.5, 0.6) is 11.5 Å². The molecule has 0 spiro atoms. The average molecular weight is 989 g/mol. The van der Waals surface area contributed by atoms with Gasteiger partial charge >= 0.3 is 0 Å². The second-order valence-electron chi connectivity index (χ2n) is 18.7. The number of rotatable bonds is 22. The molecule has 0 radical (unpaired) electrons. The summed E-state index contributed by atoms with van der Waals surface area (Å²) in [5.74, 6) is 0.598. The van der Waals surface area contributed by atoms with Crippen LogP contribution in [0.2, 0.25) is 0 Å². The number of benzene rings is 2. The van der Waals surface area contributed by atoms with Crippen molar-refractivity contribution >= 4 is 46.4 Å². The number of aryl methyl sites for hydroxylation is 2. The van der Waals surface area contributed by atoms with Gasteiger partial charge in [0.2, 0.25) is 12.6 Å². The molecule has 0 aliphatic carbocycles. The molecule has 3 aliphatic rings. The number of nitrogens with zero attached hydrogens (tertiary/aromatic N) is 2. The lowest BCUT2D eigenvalue weighted by atomic mass is 9.99. The maximum Gasteiger partial charge on any atom is 0.231 e. The number of hydrogen-bond donors (Lipinski definition) is 10.